The highest BCUT2D eigenvalue weighted by molar-refractivity contribution is 7.89. The number of nitrogens with zero attached hydrogens (tertiary/aromatic N) is 6. The van der Waals surface area contributed by atoms with Crippen molar-refractivity contribution in [2.45, 2.75) is 9.79 Å². The number of fused-ring (bicyclic) bond motifs is 3. The number of rotatable bonds is 6. The van der Waals surface area contributed by atoms with E-state index in [2.05, 4.69) is 9.97 Å². The Bertz CT molecular complexity index is 1800. The molecule has 0 saturated carbocycles. The smallest absolute Gasteiger partial charge is 0.243 e. The van der Waals surface area contributed by atoms with Gasteiger partial charge >= 0.3 is 0 Å². The first-order valence-corrected chi connectivity index (χ1v) is 17.3. The lowest BCUT2D eigenvalue weighted by Gasteiger charge is -2.34. The number of ketones is 1. The van der Waals surface area contributed by atoms with Crippen LogP contribution in [0.5, 0.6) is 0 Å². The number of pyridine rings is 2. The van der Waals surface area contributed by atoms with Crippen LogP contribution in [0.2, 0.25) is 0 Å². The molecule has 2 aromatic heterocycles. The monoisotopic (exact) mass is 630 g/mol. The van der Waals surface area contributed by atoms with Crippen molar-refractivity contribution in [3.05, 3.63) is 96.3 Å². The Kier molecular flexibility index (Phi) is 7.20. The third-order valence-corrected chi connectivity index (χ3v) is 12.3. The molecule has 2 aliphatic heterocycles. The number of anilines is 2. The van der Waals surface area contributed by atoms with E-state index in [0.29, 0.717) is 74.6 Å². The number of piperazine rings is 2. The van der Waals surface area contributed by atoms with E-state index in [1.165, 1.54) is 45.0 Å². The molecule has 0 unspecified atom stereocenters. The van der Waals surface area contributed by atoms with Gasteiger partial charge in [-0.2, -0.15) is 8.61 Å². The summed E-state index contributed by atoms with van der Waals surface area (Å²) < 4.78 is 57.6. The molecule has 0 radical (unpaired) electrons. The van der Waals surface area contributed by atoms with Crippen molar-refractivity contribution in [1.82, 2.24) is 18.6 Å². The predicted molar refractivity (Wildman–Crippen MR) is 166 cm³/mol. The highest BCUT2D eigenvalue weighted by atomic mass is 32.2. The fraction of sp³-hybridized carbons (Fsp3) is 0.258. The number of aromatic nitrogens is 2. The van der Waals surface area contributed by atoms with Crippen LogP contribution >= 0.6 is 0 Å². The molecule has 4 heterocycles. The summed E-state index contributed by atoms with van der Waals surface area (Å²) in [7, 11) is -7.71. The predicted octanol–water partition coefficient (Wildman–Crippen LogP) is 2.71. The number of hydrogen-bond donors (Lipinski definition) is 0. The van der Waals surface area contributed by atoms with E-state index in [0.717, 1.165) is 11.6 Å². The van der Waals surface area contributed by atoms with Gasteiger partial charge in [0.1, 0.15) is 11.6 Å². The summed E-state index contributed by atoms with van der Waals surface area (Å²) in [6.07, 6.45) is 3.42. The number of sulfonamides is 2. The molecule has 4 aromatic rings. The molecule has 0 atom stereocenters. The molecule has 2 saturated heterocycles. The zero-order chi connectivity index (χ0) is 30.5. The SMILES string of the molecule is O=C1c2ccc(S(=O)(=O)N3CCN(c4ccccn4)CC3)cc2-c2cc(S(=O)(=O)N3CCN(c4ccccn4)CC3)ccc21. The van der Waals surface area contributed by atoms with Gasteiger partial charge in [0.25, 0.3) is 0 Å². The van der Waals surface area contributed by atoms with Crippen molar-refractivity contribution in [2.24, 2.45) is 0 Å². The maximum Gasteiger partial charge on any atom is 0.243 e. The van der Waals surface area contributed by atoms with Gasteiger partial charge in [-0.25, -0.2) is 26.8 Å². The van der Waals surface area contributed by atoms with Crippen LogP contribution in [0.1, 0.15) is 15.9 Å². The lowest BCUT2D eigenvalue weighted by Crippen LogP contribution is -2.48. The normalized spacial score (nSPS) is 17.9. The Hall–Kier alpha value is -4.17. The summed E-state index contributed by atoms with van der Waals surface area (Å²) in [5.74, 6) is 1.35. The van der Waals surface area contributed by atoms with Crippen molar-refractivity contribution in [3.63, 3.8) is 0 Å². The Morgan fingerprint density at radius 3 is 1.27 bits per heavy atom. The molecule has 11 nitrogen and oxygen atoms in total. The van der Waals surface area contributed by atoms with Gasteiger partial charge in [-0.1, -0.05) is 12.1 Å². The van der Waals surface area contributed by atoms with Gasteiger partial charge in [0.2, 0.25) is 20.0 Å². The molecule has 0 amide bonds. The average Bonchev–Trinajstić information content (AvgIpc) is 3.36. The zero-order valence-electron chi connectivity index (χ0n) is 23.8. The van der Waals surface area contributed by atoms with Gasteiger partial charge in [-0.05, 0) is 71.8 Å². The molecule has 0 N–H and O–H groups in total. The van der Waals surface area contributed by atoms with Crippen molar-refractivity contribution in [3.8, 4) is 11.1 Å². The molecule has 0 bridgehead atoms. The first-order valence-electron chi connectivity index (χ1n) is 14.4. The molecule has 0 spiro atoms. The molecule has 13 heteroatoms. The van der Waals surface area contributed by atoms with Gasteiger partial charge in [-0.15, -0.1) is 0 Å². The lowest BCUT2D eigenvalue weighted by atomic mass is 10.1. The van der Waals surface area contributed by atoms with Crippen molar-refractivity contribution < 1.29 is 21.6 Å². The van der Waals surface area contributed by atoms with Crippen molar-refractivity contribution in [1.29, 1.82) is 0 Å². The Labute approximate surface area is 256 Å². The summed E-state index contributed by atoms with van der Waals surface area (Å²) in [6, 6.07) is 20.2. The molecule has 2 fully saturated rings. The highest BCUT2D eigenvalue weighted by Crippen LogP contribution is 2.40. The molecule has 226 valence electrons. The fourth-order valence-corrected chi connectivity index (χ4v) is 8.95. The quantitative estimate of drug-likeness (QED) is 0.279. The van der Waals surface area contributed by atoms with Gasteiger partial charge in [-0.3, -0.25) is 4.79 Å². The Morgan fingerprint density at radius 1 is 0.500 bits per heavy atom. The minimum atomic E-state index is -3.85. The summed E-state index contributed by atoms with van der Waals surface area (Å²) in [5, 5.41) is 0. The zero-order valence-corrected chi connectivity index (χ0v) is 25.4. The van der Waals surface area contributed by atoms with Crippen LogP contribution in [-0.4, -0.2) is 93.6 Å². The first-order chi connectivity index (χ1) is 21.2. The topological polar surface area (TPSA) is 124 Å². The van der Waals surface area contributed by atoms with E-state index in [1.807, 2.05) is 46.2 Å². The second-order valence-corrected chi connectivity index (χ2v) is 14.8. The first kappa shape index (κ1) is 28.6. The van der Waals surface area contributed by atoms with Crippen LogP contribution in [-0.2, 0) is 20.0 Å². The van der Waals surface area contributed by atoms with Crippen LogP contribution in [0.3, 0.4) is 0 Å². The second-order valence-electron chi connectivity index (χ2n) is 10.9. The molecule has 2 aromatic carbocycles. The standard InChI is InChI=1S/C31H30N6O5S2/c38-31-25-9-7-23(43(39,40)36-17-13-34(14-18-36)29-5-1-3-11-32-29)21-27(25)28-22-24(8-10-26(28)31)44(41,42)37-19-15-35(16-20-37)30-6-2-4-12-33-30/h1-12,21-22H,13-20H2. The molecular formula is C31H30N6O5S2. The minimum Gasteiger partial charge on any atom is -0.354 e. The number of benzene rings is 2. The van der Waals surface area contributed by atoms with Gasteiger partial charge in [0.05, 0.1) is 9.79 Å². The summed E-state index contributed by atoms with van der Waals surface area (Å²) >= 11 is 0. The van der Waals surface area contributed by atoms with E-state index >= 15 is 0 Å². The van der Waals surface area contributed by atoms with Gasteiger partial charge in [0.15, 0.2) is 5.78 Å². The lowest BCUT2D eigenvalue weighted by molar-refractivity contribution is 0.104. The Balaban J connectivity index is 1.12. The Morgan fingerprint density at radius 2 is 0.909 bits per heavy atom. The second kappa shape index (κ2) is 11.1. The third kappa shape index (κ3) is 4.95. The van der Waals surface area contributed by atoms with E-state index in [-0.39, 0.29) is 15.6 Å². The minimum absolute atomic E-state index is 0.0714. The highest BCUT2D eigenvalue weighted by Gasteiger charge is 2.35. The van der Waals surface area contributed by atoms with Crippen LogP contribution in [0.15, 0.2) is 95.0 Å². The van der Waals surface area contributed by atoms with Crippen molar-refractivity contribution in [2.75, 3.05) is 62.2 Å². The van der Waals surface area contributed by atoms with Crippen molar-refractivity contribution >= 4 is 37.5 Å². The maximum absolute atomic E-state index is 13.7. The van der Waals surface area contributed by atoms with Gasteiger partial charge < -0.3 is 9.80 Å². The number of hydrogen-bond acceptors (Lipinski definition) is 9. The summed E-state index contributed by atoms with van der Waals surface area (Å²) in [6.45, 7) is 3.17. The van der Waals surface area contributed by atoms with Crippen LogP contribution in [0.25, 0.3) is 11.1 Å². The summed E-state index contributed by atoms with van der Waals surface area (Å²) in [4.78, 5) is 26.2. The van der Waals surface area contributed by atoms with Crippen LogP contribution < -0.4 is 9.80 Å². The molecular weight excluding hydrogens is 601 g/mol. The van der Waals surface area contributed by atoms with E-state index in [9.17, 15) is 21.6 Å². The third-order valence-electron chi connectivity index (χ3n) is 8.46. The van der Waals surface area contributed by atoms with E-state index in [4.69, 9.17) is 0 Å². The molecule has 1 aliphatic carbocycles. The number of carbonyl (C=O) groups is 1. The molecule has 44 heavy (non-hydrogen) atoms. The fourth-order valence-electron chi connectivity index (χ4n) is 6.05. The number of carbonyl (C=O) groups excluding carboxylic acids is 1. The van der Waals surface area contributed by atoms with E-state index in [1.54, 1.807) is 12.4 Å². The largest absolute Gasteiger partial charge is 0.354 e. The average molecular weight is 631 g/mol. The van der Waals surface area contributed by atoms with Gasteiger partial charge in [0, 0.05) is 75.9 Å². The van der Waals surface area contributed by atoms with Crippen LogP contribution in [0.4, 0.5) is 11.6 Å². The summed E-state index contributed by atoms with van der Waals surface area (Å²) in [5.41, 5.74) is 1.57. The molecule has 3 aliphatic rings. The maximum atomic E-state index is 13.7. The molecule has 7 rings (SSSR count). The van der Waals surface area contributed by atoms with E-state index < -0.39 is 20.0 Å². The van der Waals surface area contributed by atoms with Crippen LogP contribution in [0, 0.1) is 0 Å².